The third-order valence-corrected chi connectivity index (χ3v) is 7.20. The van der Waals surface area contributed by atoms with E-state index in [2.05, 4.69) is 15.9 Å². The maximum absolute atomic E-state index is 13.3. The van der Waals surface area contributed by atoms with Gasteiger partial charge in [-0.25, -0.2) is 8.42 Å². The second-order valence-corrected chi connectivity index (χ2v) is 9.76. The Labute approximate surface area is 178 Å². The van der Waals surface area contributed by atoms with Gasteiger partial charge in [0, 0.05) is 22.0 Å². The summed E-state index contributed by atoms with van der Waals surface area (Å²) in [5, 5.41) is -1.50. The van der Waals surface area contributed by atoms with Gasteiger partial charge in [0.05, 0.1) is 4.90 Å². The summed E-state index contributed by atoms with van der Waals surface area (Å²) in [7, 11) is -4.06. The van der Waals surface area contributed by atoms with E-state index in [4.69, 9.17) is 0 Å². The summed E-state index contributed by atoms with van der Waals surface area (Å²) in [6.07, 6.45) is -0.425. The Kier molecular flexibility index (Phi) is 6.45. The third kappa shape index (κ3) is 4.89. The van der Waals surface area contributed by atoms with Crippen molar-refractivity contribution in [1.29, 1.82) is 0 Å². The van der Waals surface area contributed by atoms with Crippen LogP contribution in [0.5, 0.6) is 0 Å². The predicted molar refractivity (Wildman–Crippen MR) is 116 cm³/mol. The molecule has 0 aromatic heterocycles. The number of benzene rings is 3. The molecule has 0 saturated heterocycles. The normalized spacial score (nSPS) is 12.3. The first-order chi connectivity index (χ1) is 13.8. The molecule has 3 aromatic carbocycles. The van der Waals surface area contributed by atoms with Crippen LogP contribution in [-0.4, -0.2) is 25.2 Å². The fourth-order valence-corrected chi connectivity index (χ4v) is 4.84. The molecule has 0 radical (unpaired) electrons. The second kappa shape index (κ2) is 8.84. The zero-order valence-corrected chi connectivity index (χ0v) is 18.1. The van der Waals surface area contributed by atoms with Crippen LogP contribution in [0.15, 0.2) is 88.2 Å². The van der Waals surface area contributed by atoms with Crippen LogP contribution in [0.1, 0.15) is 32.7 Å². The van der Waals surface area contributed by atoms with Gasteiger partial charge in [0.2, 0.25) is 0 Å². The first kappa shape index (κ1) is 21.1. The number of hydrogen-bond acceptors (Lipinski definition) is 4. The van der Waals surface area contributed by atoms with Gasteiger partial charge in [-0.3, -0.25) is 9.59 Å². The van der Waals surface area contributed by atoms with E-state index in [-0.39, 0.29) is 10.5 Å². The summed E-state index contributed by atoms with van der Waals surface area (Å²) in [6.45, 7) is 1.85. The van der Waals surface area contributed by atoms with Gasteiger partial charge >= 0.3 is 0 Å². The van der Waals surface area contributed by atoms with Crippen LogP contribution in [0, 0.1) is 6.92 Å². The summed E-state index contributed by atoms with van der Waals surface area (Å²) < 4.78 is 27.4. The molecule has 6 heteroatoms. The molecule has 0 unspecified atom stereocenters. The molecule has 29 heavy (non-hydrogen) atoms. The van der Waals surface area contributed by atoms with Crippen LogP contribution in [-0.2, 0) is 9.84 Å². The van der Waals surface area contributed by atoms with E-state index in [1.54, 1.807) is 66.7 Å². The zero-order chi connectivity index (χ0) is 21.0. The second-order valence-electron chi connectivity index (χ2n) is 6.71. The smallest absolute Gasteiger partial charge is 0.189 e. The molecule has 0 bridgehead atoms. The van der Waals surface area contributed by atoms with E-state index >= 15 is 0 Å². The maximum Gasteiger partial charge on any atom is 0.189 e. The van der Waals surface area contributed by atoms with Gasteiger partial charge in [-0.05, 0) is 31.2 Å². The average molecular weight is 471 g/mol. The molecular weight excluding hydrogens is 452 g/mol. The van der Waals surface area contributed by atoms with E-state index in [1.807, 2.05) is 6.92 Å². The number of sulfone groups is 1. The fraction of sp³-hybridized carbons (Fsp3) is 0.130. The van der Waals surface area contributed by atoms with E-state index in [1.165, 1.54) is 12.1 Å². The topological polar surface area (TPSA) is 68.3 Å². The number of ketones is 2. The lowest BCUT2D eigenvalue weighted by atomic mass is 10.0. The monoisotopic (exact) mass is 470 g/mol. The first-order valence-corrected chi connectivity index (χ1v) is 11.3. The number of Topliss-reactive ketones (excluding diaryl/α,β-unsaturated/α-hetero) is 2. The van der Waals surface area contributed by atoms with Crippen molar-refractivity contribution in [1.82, 2.24) is 0 Å². The van der Waals surface area contributed by atoms with Crippen molar-refractivity contribution in [3.8, 4) is 0 Å². The van der Waals surface area contributed by atoms with Crippen LogP contribution in [0.2, 0.25) is 0 Å². The minimum atomic E-state index is -4.06. The minimum Gasteiger partial charge on any atom is -0.294 e. The molecule has 0 fully saturated rings. The van der Waals surface area contributed by atoms with Gasteiger partial charge in [-0.1, -0.05) is 76.1 Å². The van der Waals surface area contributed by atoms with Crippen molar-refractivity contribution in [2.45, 2.75) is 23.5 Å². The fourth-order valence-electron chi connectivity index (χ4n) is 2.95. The molecule has 148 valence electrons. The number of halogens is 1. The Morgan fingerprint density at radius 1 is 0.828 bits per heavy atom. The highest BCUT2D eigenvalue weighted by Gasteiger charge is 2.36. The molecule has 0 aliphatic carbocycles. The molecule has 1 atom stereocenters. The van der Waals surface area contributed by atoms with Crippen LogP contribution in [0.3, 0.4) is 0 Å². The van der Waals surface area contributed by atoms with Crippen molar-refractivity contribution in [3.63, 3.8) is 0 Å². The molecule has 3 aromatic rings. The van der Waals surface area contributed by atoms with Crippen molar-refractivity contribution in [2.75, 3.05) is 0 Å². The molecule has 0 N–H and O–H groups in total. The van der Waals surface area contributed by atoms with Crippen LogP contribution >= 0.6 is 15.9 Å². The van der Waals surface area contributed by atoms with Gasteiger partial charge < -0.3 is 0 Å². The molecule has 4 nitrogen and oxygen atoms in total. The van der Waals surface area contributed by atoms with Crippen LogP contribution in [0.25, 0.3) is 0 Å². The predicted octanol–water partition coefficient (Wildman–Crippen LogP) is 5.06. The number of hydrogen-bond donors (Lipinski definition) is 0. The Hall–Kier alpha value is -2.57. The van der Waals surface area contributed by atoms with Gasteiger partial charge in [0.1, 0.15) is 5.25 Å². The standard InChI is InChI=1S/C23H19BrO4S/c1-16-7-13-20(14-8-16)29(27,28)22(23(26)18-5-3-2-4-6-18)15-21(25)17-9-11-19(24)12-10-17/h2-14,22H,15H2,1H3/t22-/m1/s1. The van der Waals surface area contributed by atoms with Crippen molar-refractivity contribution in [3.05, 3.63) is 100 Å². The Morgan fingerprint density at radius 2 is 1.41 bits per heavy atom. The van der Waals surface area contributed by atoms with E-state index in [0.717, 1.165) is 10.0 Å². The summed E-state index contributed by atoms with van der Waals surface area (Å²) in [6, 6.07) is 21.1. The summed E-state index contributed by atoms with van der Waals surface area (Å²) in [5.41, 5.74) is 1.52. The lowest BCUT2D eigenvalue weighted by Gasteiger charge is -2.17. The highest BCUT2D eigenvalue weighted by atomic mass is 79.9. The summed E-state index contributed by atoms with van der Waals surface area (Å²) in [4.78, 5) is 25.9. The van der Waals surface area contributed by atoms with Gasteiger partial charge in [0.15, 0.2) is 21.4 Å². The maximum atomic E-state index is 13.3. The molecule has 0 spiro atoms. The number of carbonyl (C=O) groups excluding carboxylic acids is 2. The van der Waals surface area contributed by atoms with Crippen molar-refractivity contribution >= 4 is 37.3 Å². The zero-order valence-electron chi connectivity index (χ0n) is 15.7. The molecular formula is C23H19BrO4S. The molecule has 0 aliphatic heterocycles. The molecule has 3 rings (SSSR count). The van der Waals surface area contributed by atoms with E-state index in [9.17, 15) is 18.0 Å². The number of carbonyl (C=O) groups is 2. The Balaban J connectivity index is 2.01. The van der Waals surface area contributed by atoms with Crippen LogP contribution in [0.4, 0.5) is 0 Å². The average Bonchev–Trinajstić information content (AvgIpc) is 2.72. The van der Waals surface area contributed by atoms with Crippen molar-refractivity contribution < 1.29 is 18.0 Å². The molecule has 0 aliphatic rings. The molecule has 0 heterocycles. The quantitative estimate of drug-likeness (QED) is 0.452. The third-order valence-electron chi connectivity index (χ3n) is 4.61. The summed E-state index contributed by atoms with van der Waals surface area (Å²) >= 11 is 3.31. The van der Waals surface area contributed by atoms with Gasteiger partial charge in [-0.15, -0.1) is 0 Å². The highest BCUT2D eigenvalue weighted by Crippen LogP contribution is 2.24. The highest BCUT2D eigenvalue weighted by molar-refractivity contribution is 9.10. The minimum absolute atomic E-state index is 0.0287. The Morgan fingerprint density at radius 3 is 2.00 bits per heavy atom. The number of rotatable bonds is 7. The lowest BCUT2D eigenvalue weighted by Crippen LogP contribution is -2.33. The van der Waals surface area contributed by atoms with Crippen molar-refractivity contribution in [2.24, 2.45) is 0 Å². The van der Waals surface area contributed by atoms with Gasteiger partial charge in [-0.2, -0.15) is 0 Å². The van der Waals surface area contributed by atoms with Gasteiger partial charge in [0.25, 0.3) is 0 Å². The largest absolute Gasteiger partial charge is 0.294 e. The number of aryl methyl sites for hydroxylation is 1. The SMILES string of the molecule is Cc1ccc(S(=O)(=O)[C@H](CC(=O)c2ccc(Br)cc2)C(=O)c2ccccc2)cc1. The first-order valence-electron chi connectivity index (χ1n) is 8.97. The van der Waals surface area contributed by atoms with Crippen LogP contribution < -0.4 is 0 Å². The Bertz CT molecular complexity index is 1120. The van der Waals surface area contributed by atoms with E-state index in [0.29, 0.717) is 5.56 Å². The molecule has 0 amide bonds. The summed E-state index contributed by atoms with van der Waals surface area (Å²) in [5.74, 6) is -0.987. The lowest BCUT2D eigenvalue weighted by molar-refractivity contribution is 0.0920. The molecule has 0 saturated carbocycles. The van der Waals surface area contributed by atoms with E-state index < -0.39 is 33.1 Å².